The molecule has 0 spiro atoms. The van der Waals surface area contributed by atoms with Gasteiger partial charge >= 0.3 is 12.1 Å². The second-order valence-corrected chi connectivity index (χ2v) is 13.2. The van der Waals surface area contributed by atoms with Gasteiger partial charge in [0.15, 0.2) is 0 Å². The number of amides is 1. The van der Waals surface area contributed by atoms with E-state index < -0.39 is 5.60 Å². The molecule has 9 heteroatoms. The molecule has 9 nitrogen and oxygen atoms in total. The minimum Gasteiger partial charge on any atom is -0.469 e. The van der Waals surface area contributed by atoms with Crippen molar-refractivity contribution in [2.24, 2.45) is 17.3 Å². The number of hydrogen-bond acceptors (Lipinski definition) is 7. The zero-order valence-electron chi connectivity index (χ0n) is 25.8. The van der Waals surface area contributed by atoms with Crippen LogP contribution in [0.5, 0.6) is 0 Å². The largest absolute Gasteiger partial charge is 0.469 e. The average Bonchev–Trinajstić information content (AvgIpc) is 3.29. The van der Waals surface area contributed by atoms with Crippen molar-refractivity contribution < 1.29 is 23.8 Å². The summed E-state index contributed by atoms with van der Waals surface area (Å²) in [4.78, 5) is 29.2. The molecule has 222 valence electrons. The van der Waals surface area contributed by atoms with Crippen molar-refractivity contribution in [3.05, 3.63) is 17.5 Å². The minimum atomic E-state index is -0.519. The van der Waals surface area contributed by atoms with Crippen LogP contribution in [0, 0.1) is 17.3 Å². The first kappa shape index (κ1) is 31.4. The molecule has 1 aromatic rings. The molecule has 1 amide bonds. The van der Waals surface area contributed by atoms with E-state index in [0.29, 0.717) is 25.6 Å². The van der Waals surface area contributed by atoms with Crippen molar-refractivity contribution in [1.29, 1.82) is 0 Å². The maximum Gasteiger partial charge on any atom is 0.410 e. The highest BCUT2D eigenvalue weighted by atomic mass is 16.6. The van der Waals surface area contributed by atoms with E-state index in [1.54, 1.807) is 11.9 Å². The summed E-state index contributed by atoms with van der Waals surface area (Å²) in [5.74, 6) is 0.270. The predicted octanol–water partition coefficient (Wildman–Crippen LogP) is 5.60. The van der Waals surface area contributed by atoms with Crippen molar-refractivity contribution in [3.8, 4) is 0 Å². The topological polar surface area (TPSA) is 86.1 Å². The first-order chi connectivity index (χ1) is 18.3. The molecular formula is C30H52N4O5. The zero-order chi connectivity index (χ0) is 29.0. The summed E-state index contributed by atoms with van der Waals surface area (Å²) in [7, 11) is 5.33. The first-order valence-corrected chi connectivity index (χ1v) is 14.7. The van der Waals surface area contributed by atoms with E-state index in [9.17, 15) is 9.59 Å². The normalized spacial score (nSPS) is 25.4. The van der Waals surface area contributed by atoms with Gasteiger partial charge in [-0.1, -0.05) is 27.2 Å². The molecule has 1 saturated carbocycles. The first-order valence-electron chi connectivity index (χ1n) is 14.7. The SMILES string of the molecule is CCC1CC(c2nn(C3CCCCO3)cc2CN(C)CCN(C)C(=O)OC(C)(C)C)CC(C(=O)OC)C1(C)C. The number of carbonyl (C=O) groups is 2. The highest BCUT2D eigenvalue weighted by Crippen LogP contribution is 2.52. The molecule has 2 fully saturated rings. The third-order valence-electron chi connectivity index (χ3n) is 8.66. The molecule has 1 aliphatic heterocycles. The summed E-state index contributed by atoms with van der Waals surface area (Å²) in [5.41, 5.74) is 1.58. The fourth-order valence-corrected chi connectivity index (χ4v) is 6.18. The minimum absolute atomic E-state index is 0.0479. The van der Waals surface area contributed by atoms with E-state index >= 15 is 0 Å². The van der Waals surface area contributed by atoms with Crippen LogP contribution in [0.3, 0.4) is 0 Å². The smallest absolute Gasteiger partial charge is 0.410 e. The Hall–Kier alpha value is -2.13. The van der Waals surface area contributed by atoms with Crippen molar-refractivity contribution in [3.63, 3.8) is 0 Å². The third kappa shape index (κ3) is 7.97. The van der Waals surface area contributed by atoms with Crippen LogP contribution in [-0.2, 0) is 25.5 Å². The van der Waals surface area contributed by atoms with Gasteiger partial charge in [0.25, 0.3) is 0 Å². The van der Waals surface area contributed by atoms with Crippen LogP contribution < -0.4 is 0 Å². The Balaban J connectivity index is 1.82. The molecule has 0 bridgehead atoms. The number of likely N-dealkylation sites (N-methyl/N-ethyl adjacent to an activating group) is 2. The van der Waals surface area contributed by atoms with Gasteiger partial charge < -0.3 is 24.0 Å². The summed E-state index contributed by atoms with van der Waals surface area (Å²) >= 11 is 0. The van der Waals surface area contributed by atoms with Crippen molar-refractivity contribution in [2.45, 2.75) is 104 Å². The molecule has 0 N–H and O–H groups in total. The van der Waals surface area contributed by atoms with Gasteiger partial charge in [0.2, 0.25) is 0 Å². The van der Waals surface area contributed by atoms with E-state index in [-0.39, 0.29) is 35.5 Å². The van der Waals surface area contributed by atoms with Gasteiger partial charge in [-0.05, 0) is 71.3 Å². The van der Waals surface area contributed by atoms with Crippen LogP contribution in [0.25, 0.3) is 0 Å². The van der Waals surface area contributed by atoms with Gasteiger partial charge in [-0.25, -0.2) is 9.48 Å². The second-order valence-electron chi connectivity index (χ2n) is 13.2. The maximum atomic E-state index is 12.9. The van der Waals surface area contributed by atoms with Crippen LogP contribution >= 0.6 is 0 Å². The number of ether oxygens (including phenoxy) is 3. The van der Waals surface area contributed by atoms with Gasteiger partial charge in [0.1, 0.15) is 11.8 Å². The molecule has 4 unspecified atom stereocenters. The summed E-state index contributed by atoms with van der Waals surface area (Å²) in [6.45, 7) is 15.0. The Kier molecular flexibility index (Phi) is 10.5. The number of rotatable bonds is 9. The Morgan fingerprint density at radius 3 is 2.49 bits per heavy atom. The number of nitrogens with zero attached hydrogens (tertiary/aromatic N) is 4. The Bertz CT molecular complexity index is 963. The van der Waals surface area contributed by atoms with Crippen molar-refractivity contribution >= 4 is 12.1 Å². The lowest BCUT2D eigenvalue weighted by atomic mass is 9.58. The predicted molar refractivity (Wildman–Crippen MR) is 151 cm³/mol. The highest BCUT2D eigenvalue weighted by Gasteiger charge is 2.48. The Labute approximate surface area is 235 Å². The second kappa shape index (κ2) is 13.0. The lowest BCUT2D eigenvalue weighted by Gasteiger charge is -2.46. The van der Waals surface area contributed by atoms with Gasteiger partial charge in [-0.2, -0.15) is 5.10 Å². The third-order valence-corrected chi connectivity index (χ3v) is 8.66. The molecule has 2 aliphatic rings. The molecule has 1 aromatic heterocycles. The number of methoxy groups -OCH3 is 1. The lowest BCUT2D eigenvalue weighted by Crippen LogP contribution is -2.43. The molecule has 1 saturated heterocycles. The number of esters is 1. The van der Waals surface area contributed by atoms with E-state index in [4.69, 9.17) is 19.3 Å². The molecular weight excluding hydrogens is 496 g/mol. The Morgan fingerprint density at radius 2 is 1.90 bits per heavy atom. The summed E-state index contributed by atoms with van der Waals surface area (Å²) in [6.07, 6.45) is 7.69. The van der Waals surface area contributed by atoms with Gasteiger partial charge in [-0.3, -0.25) is 4.79 Å². The molecule has 3 rings (SSSR count). The molecule has 2 heterocycles. The lowest BCUT2D eigenvalue weighted by molar-refractivity contribution is -0.154. The zero-order valence-corrected chi connectivity index (χ0v) is 25.8. The molecule has 0 radical (unpaired) electrons. The summed E-state index contributed by atoms with van der Waals surface area (Å²) < 4.78 is 18.9. The van der Waals surface area contributed by atoms with Crippen LogP contribution in [0.4, 0.5) is 4.79 Å². The van der Waals surface area contributed by atoms with Gasteiger partial charge in [0.05, 0.1) is 18.7 Å². The van der Waals surface area contributed by atoms with Crippen molar-refractivity contribution in [2.75, 3.05) is 40.9 Å². The number of aromatic nitrogens is 2. The van der Waals surface area contributed by atoms with E-state index in [1.807, 2.05) is 25.5 Å². The molecule has 1 aliphatic carbocycles. The highest BCUT2D eigenvalue weighted by molar-refractivity contribution is 5.73. The Morgan fingerprint density at radius 1 is 1.18 bits per heavy atom. The fourth-order valence-electron chi connectivity index (χ4n) is 6.18. The van der Waals surface area contributed by atoms with E-state index in [1.165, 1.54) is 7.11 Å². The quantitative estimate of drug-likeness (QED) is 0.371. The number of hydrogen-bond donors (Lipinski definition) is 0. The number of carbonyl (C=O) groups excluding carboxylic acids is 2. The molecule has 39 heavy (non-hydrogen) atoms. The van der Waals surface area contributed by atoms with Crippen LogP contribution in [0.15, 0.2) is 6.20 Å². The van der Waals surface area contributed by atoms with E-state index in [2.05, 4.69) is 38.9 Å². The van der Waals surface area contributed by atoms with E-state index in [0.717, 1.165) is 56.4 Å². The van der Waals surface area contributed by atoms with Gasteiger partial charge in [0, 0.05) is 51.0 Å². The monoisotopic (exact) mass is 548 g/mol. The standard InChI is InChI=1S/C30H52N4O5/c1-10-23-17-21(18-24(27(35)37-9)30(23,5)6)26-22(20-34(31-26)25-13-11-12-16-38-25)19-32(7)14-15-33(8)28(36)39-29(2,3)4/h20-21,23-25H,10-19H2,1-9H3. The van der Waals surface area contributed by atoms with Crippen LogP contribution in [0.2, 0.25) is 0 Å². The molecule has 0 aromatic carbocycles. The van der Waals surface area contributed by atoms with Crippen LogP contribution in [0.1, 0.15) is 103 Å². The molecule has 4 atom stereocenters. The van der Waals surface area contributed by atoms with Crippen molar-refractivity contribution in [1.82, 2.24) is 19.6 Å². The van der Waals surface area contributed by atoms with Gasteiger partial charge in [-0.15, -0.1) is 0 Å². The maximum absolute atomic E-state index is 12.9. The average molecular weight is 549 g/mol. The summed E-state index contributed by atoms with van der Waals surface area (Å²) in [6, 6.07) is 0. The fraction of sp³-hybridized carbons (Fsp3) is 0.833. The van der Waals surface area contributed by atoms with Crippen LogP contribution in [-0.4, -0.2) is 78.1 Å². The summed E-state index contributed by atoms with van der Waals surface area (Å²) in [5, 5.41) is 5.14.